The van der Waals surface area contributed by atoms with Crippen molar-refractivity contribution in [2.24, 2.45) is 0 Å². The molecule has 1 N–H and O–H groups in total. The third kappa shape index (κ3) is 7.47. The molecule has 0 aliphatic carbocycles. The highest BCUT2D eigenvalue weighted by molar-refractivity contribution is 5.80. The number of carbonyl (C=O) groups excluding carboxylic acids is 1. The van der Waals surface area contributed by atoms with E-state index in [1.807, 2.05) is 0 Å². The van der Waals surface area contributed by atoms with Crippen LogP contribution in [0.3, 0.4) is 0 Å². The van der Waals surface area contributed by atoms with Crippen LogP contribution in [-0.4, -0.2) is 50.2 Å². The van der Waals surface area contributed by atoms with E-state index in [1.165, 1.54) is 13.2 Å². The summed E-state index contributed by atoms with van der Waals surface area (Å²) in [5.74, 6) is -0.320. The fourth-order valence-corrected chi connectivity index (χ4v) is 2.32. The number of hydrogen-bond acceptors (Lipinski definition) is 6. The first kappa shape index (κ1) is 23.3. The number of alkyl carbamates (subject to hydrolysis) is 1. The highest BCUT2D eigenvalue weighted by atomic mass is 19.1. The van der Waals surface area contributed by atoms with Crippen molar-refractivity contribution in [3.05, 3.63) is 42.0 Å². The molecule has 1 aromatic carbocycles. The van der Waals surface area contributed by atoms with Gasteiger partial charge in [0.1, 0.15) is 24.6 Å². The maximum Gasteiger partial charge on any atom is 0.407 e. The summed E-state index contributed by atoms with van der Waals surface area (Å²) >= 11 is 0. The average molecular weight is 424 g/mol. The number of nitrogens with one attached hydrogen (secondary N) is 1. The van der Waals surface area contributed by atoms with Crippen molar-refractivity contribution in [2.75, 3.05) is 33.5 Å². The van der Waals surface area contributed by atoms with Gasteiger partial charge in [0, 0.05) is 24.6 Å². The molecule has 0 bridgehead atoms. The number of ether oxygens (including phenoxy) is 4. The number of hydrogen-bond donors (Lipinski definition) is 1. The molecule has 7 nitrogen and oxygen atoms in total. The molecule has 9 heteroatoms. The van der Waals surface area contributed by atoms with Gasteiger partial charge in [0.15, 0.2) is 5.82 Å². The second kappa shape index (κ2) is 10.7. The number of carbonyl (C=O) groups is 1. The molecule has 0 aliphatic heterocycles. The van der Waals surface area contributed by atoms with Gasteiger partial charge in [-0.25, -0.2) is 18.6 Å². The number of halogens is 2. The molecule has 0 spiro atoms. The monoisotopic (exact) mass is 424 g/mol. The van der Waals surface area contributed by atoms with Crippen LogP contribution in [0.1, 0.15) is 20.8 Å². The summed E-state index contributed by atoms with van der Waals surface area (Å²) in [6.07, 6.45) is -0.291. The SMILES string of the molecule is COCCOc1nc2ccc(OC/C(=C/F)CNC(=O)OC(C)(C)C)cc2cc1F. The summed E-state index contributed by atoms with van der Waals surface area (Å²) in [6.45, 7) is 5.51. The van der Waals surface area contributed by atoms with Crippen LogP contribution in [-0.2, 0) is 9.47 Å². The molecule has 0 radical (unpaired) electrons. The van der Waals surface area contributed by atoms with Crippen molar-refractivity contribution < 1.29 is 32.5 Å². The van der Waals surface area contributed by atoms with Gasteiger partial charge in [-0.05, 0) is 45.0 Å². The van der Waals surface area contributed by atoms with Crippen LogP contribution in [0.5, 0.6) is 11.6 Å². The second-order valence-electron chi connectivity index (χ2n) is 7.38. The number of fused-ring (bicyclic) bond motifs is 1. The van der Waals surface area contributed by atoms with Crippen molar-refractivity contribution in [3.8, 4) is 11.6 Å². The van der Waals surface area contributed by atoms with Crippen molar-refractivity contribution in [1.82, 2.24) is 10.3 Å². The van der Waals surface area contributed by atoms with E-state index in [2.05, 4.69) is 10.3 Å². The van der Waals surface area contributed by atoms with E-state index < -0.39 is 17.5 Å². The molecule has 2 rings (SSSR count). The molecular weight excluding hydrogens is 398 g/mol. The third-order valence-corrected chi connectivity index (χ3v) is 3.67. The molecule has 0 saturated heterocycles. The second-order valence-corrected chi connectivity index (χ2v) is 7.38. The van der Waals surface area contributed by atoms with E-state index in [0.29, 0.717) is 29.6 Å². The summed E-state index contributed by atoms with van der Waals surface area (Å²) in [5.41, 5.74) is 0.0691. The Morgan fingerprint density at radius 1 is 1.20 bits per heavy atom. The number of nitrogens with zero attached hydrogens (tertiary/aromatic N) is 1. The van der Waals surface area contributed by atoms with Crippen LogP contribution in [0, 0.1) is 5.82 Å². The molecule has 0 unspecified atom stereocenters. The standard InChI is InChI=1S/C21H26F2N2O5/c1-21(2,3)30-20(26)24-12-14(11-22)13-29-16-5-6-18-15(9-16)10-17(23)19(25-18)28-8-7-27-4/h5-6,9-11H,7-8,12-13H2,1-4H3,(H,24,26)/b14-11+. The van der Waals surface area contributed by atoms with Crippen molar-refractivity contribution in [2.45, 2.75) is 26.4 Å². The third-order valence-electron chi connectivity index (χ3n) is 3.67. The lowest BCUT2D eigenvalue weighted by Gasteiger charge is -2.20. The van der Waals surface area contributed by atoms with Gasteiger partial charge in [-0.15, -0.1) is 0 Å². The van der Waals surface area contributed by atoms with Crippen LogP contribution in [0.2, 0.25) is 0 Å². The van der Waals surface area contributed by atoms with E-state index in [4.69, 9.17) is 18.9 Å². The molecular formula is C21H26F2N2O5. The molecule has 0 atom stereocenters. The van der Waals surface area contributed by atoms with Gasteiger partial charge < -0.3 is 24.3 Å². The summed E-state index contributed by atoms with van der Waals surface area (Å²) in [5, 5.41) is 2.96. The van der Waals surface area contributed by atoms with Crippen molar-refractivity contribution in [1.29, 1.82) is 0 Å². The summed E-state index contributed by atoms with van der Waals surface area (Å²) in [7, 11) is 1.52. The Labute approximate surface area is 174 Å². The zero-order valence-electron chi connectivity index (χ0n) is 17.5. The van der Waals surface area contributed by atoms with Crippen LogP contribution < -0.4 is 14.8 Å². The molecule has 1 aromatic heterocycles. The van der Waals surface area contributed by atoms with Crippen LogP contribution in [0.25, 0.3) is 10.9 Å². The highest BCUT2D eigenvalue weighted by Gasteiger charge is 2.16. The molecule has 0 fully saturated rings. The van der Waals surface area contributed by atoms with Gasteiger partial charge in [-0.2, -0.15) is 0 Å². The van der Waals surface area contributed by atoms with Crippen molar-refractivity contribution >= 4 is 17.0 Å². The van der Waals surface area contributed by atoms with Crippen LogP contribution >= 0.6 is 0 Å². The number of methoxy groups -OCH3 is 1. The zero-order valence-corrected chi connectivity index (χ0v) is 17.5. The van der Waals surface area contributed by atoms with Gasteiger partial charge in [0.2, 0.25) is 0 Å². The predicted molar refractivity (Wildman–Crippen MR) is 108 cm³/mol. The number of pyridine rings is 1. The van der Waals surface area contributed by atoms with Gasteiger partial charge in [-0.3, -0.25) is 0 Å². The molecule has 164 valence electrons. The first-order chi connectivity index (χ1) is 14.2. The Morgan fingerprint density at radius 3 is 2.63 bits per heavy atom. The summed E-state index contributed by atoms with van der Waals surface area (Å²) in [4.78, 5) is 15.8. The predicted octanol–water partition coefficient (Wildman–Crippen LogP) is 4.16. The Morgan fingerprint density at radius 2 is 1.97 bits per heavy atom. The first-order valence-electron chi connectivity index (χ1n) is 9.31. The minimum absolute atomic E-state index is 0.0721. The van der Waals surface area contributed by atoms with Gasteiger partial charge >= 0.3 is 6.09 Å². The molecule has 0 aliphatic rings. The largest absolute Gasteiger partial charge is 0.489 e. The average Bonchev–Trinajstić information content (AvgIpc) is 2.67. The van der Waals surface area contributed by atoms with E-state index in [9.17, 15) is 13.6 Å². The number of benzene rings is 1. The minimum atomic E-state index is -0.655. The number of aromatic nitrogens is 1. The lowest BCUT2D eigenvalue weighted by Crippen LogP contribution is -2.34. The molecule has 30 heavy (non-hydrogen) atoms. The van der Waals surface area contributed by atoms with E-state index >= 15 is 0 Å². The quantitative estimate of drug-likeness (QED) is 0.609. The number of amides is 1. The Balaban J connectivity index is 1.96. The Hall–Kier alpha value is -2.94. The maximum atomic E-state index is 14.2. The first-order valence-corrected chi connectivity index (χ1v) is 9.31. The lowest BCUT2D eigenvalue weighted by atomic mass is 10.2. The molecule has 2 aromatic rings. The number of rotatable bonds is 9. The Bertz CT molecular complexity index is 897. The molecule has 0 saturated carbocycles. The Kier molecular flexibility index (Phi) is 8.35. The summed E-state index contributed by atoms with van der Waals surface area (Å²) in [6, 6.07) is 6.14. The lowest BCUT2D eigenvalue weighted by molar-refractivity contribution is 0.0531. The molecule has 1 heterocycles. The topological polar surface area (TPSA) is 78.9 Å². The fraction of sp³-hybridized carbons (Fsp3) is 0.429. The highest BCUT2D eigenvalue weighted by Crippen LogP contribution is 2.25. The van der Waals surface area contributed by atoms with Crippen LogP contribution in [0.4, 0.5) is 13.6 Å². The van der Waals surface area contributed by atoms with E-state index in [-0.39, 0.29) is 31.2 Å². The summed E-state index contributed by atoms with van der Waals surface area (Å²) < 4.78 is 48.0. The van der Waals surface area contributed by atoms with Crippen LogP contribution in [0.15, 0.2) is 36.2 Å². The van der Waals surface area contributed by atoms with Gasteiger partial charge in [-0.1, -0.05) is 0 Å². The smallest absolute Gasteiger partial charge is 0.407 e. The molecule has 1 amide bonds. The van der Waals surface area contributed by atoms with Gasteiger partial charge in [0.25, 0.3) is 5.88 Å². The maximum absolute atomic E-state index is 14.2. The van der Waals surface area contributed by atoms with Gasteiger partial charge in [0.05, 0.1) is 18.5 Å². The zero-order chi connectivity index (χ0) is 22.1. The van der Waals surface area contributed by atoms with E-state index in [1.54, 1.807) is 39.0 Å². The fourth-order valence-electron chi connectivity index (χ4n) is 2.32. The van der Waals surface area contributed by atoms with Crippen molar-refractivity contribution in [3.63, 3.8) is 0 Å². The minimum Gasteiger partial charge on any atom is -0.489 e. The normalized spacial score (nSPS) is 12.0. The van der Waals surface area contributed by atoms with E-state index in [0.717, 1.165) is 0 Å².